The molecule has 0 aliphatic carbocycles. The van der Waals surface area contributed by atoms with Crippen molar-refractivity contribution in [3.63, 3.8) is 0 Å². The molecule has 0 spiro atoms. The van der Waals surface area contributed by atoms with E-state index >= 15 is 0 Å². The minimum atomic E-state index is -3.65. The van der Waals surface area contributed by atoms with E-state index in [1.54, 1.807) is 43.1 Å². The summed E-state index contributed by atoms with van der Waals surface area (Å²) in [6.45, 7) is 3.21. The van der Waals surface area contributed by atoms with Gasteiger partial charge in [0.15, 0.2) is 4.80 Å². The Labute approximate surface area is 208 Å². The lowest BCUT2D eigenvalue weighted by Gasteiger charge is -2.30. The number of piperidine rings is 1. The molecule has 1 fully saturated rings. The molecule has 2 aromatic carbocycles. The second-order valence-corrected chi connectivity index (χ2v) is 12.3. The Kier molecular flexibility index (Phi) is 7.81. The molecule has 182 valence electrons. The first-order valence-corrected chi connectivity index (χ1v) is 14.8. The van der Waals surface area contributed by atoms with Gasteiger partial charge in [-0.1, -0.05) is 29.0 Å². The minimum Gasteiger partial charge on any atom is -0.497 e. The summed E-state index contributed by atoms with van der Waals surface area (Å²) in [5.74, 6) is 0.921. The number of amides is 1. The topological polar surface area (TPSA) is 81.0 Å². The van der Waals surface area contributed by atoms with Gasteiger partial charge in [0, 0.05) is 31.5 Å². The van der Waals surface area contributed by atoms with Gasteiger partial charge in [-0.3, -0.25) is 4.79 Å². The molecule has 3 aromatic rings. The van der Waals surface area contributed by atoms with E-state index < -0.39 is 15.9 Å². The summed E-state index contributed by atoms with van der Waals surface area (Å²) in [6, 6.07) is 12.7. The third kappa shape index (κ3) is 5.25. The smallest absolute Gasteiger partial charge is 0.252 e. The number of sulfonamides is 1. The van der Waals surface area contributed by atoms with Gasteiger partial charge in [0.25, 0.3) is 5.91 Å². The Bertz CT molecular complexity index is 1340. The molecular weight excluding hydrogens is 490 g/mol. The molecule has 0 N–H and O–H groups in total. The molecule has 1 aliphatic heterocycles. The van der Waals surface area contributed by atoms with Crippen LogP contribution in [0.15, 0.2) is 52.4 Å². The molecule has 1 aromatic heterocycles. The summed E-state index contributed by atoms with van der Waals surface area (Å²) in [4.78, 5) is 18.6. The van der Waals surface area contributed by atoms with Crippen molar-refractivity contribution in [3.05, 3.63) is 52.8 Å². The van der Waals surface area contributed by atoms with Crippen molar-refractivity contribution in [1.29, 1.82) is 0 Å². The Morgan fingerprint density at radius 3 is 2.71 bits per heavy atom. The van der Waals surface area contributed by atoms with Crippen LogP contribution in [0.25, 0.3) is 10.2 Å². The van der Waals surface area contributed by atoms with Gasteiger partial charge >= 0.3 is 0 Å². The zero-order valence-corrected chi connectivity index (χ0v) is 22.0. The Morgan fingerprint density at radius 1 is 1.24 bits per heavy atom. The highest BCUT2D eigenvalue weighted by atomic mass is 32.2. The average molecular weight is 520 g/mol. The quantitative estimate of drug-likeness (QED) is 0.473. The fraction of sp³-hybridized carbons (Fsp3) is 0.417. The molecule has 1 aliphatic rings. The number of benzene rings is 2. The summed E-state index contributed by atoms with van der Waals surface area (Å²) in [5.41, 5.74) is 1.98. The van der Waals surface area contributed by atoms with E-state index in [9.17, 15) is 13.2 Å². The number of aromatic nitrogens is 1. The molecule has 1 atom stereocenters. The summed E-state index contributed by atoms with van der Waals surface area (Å²) in [5, 5.41) is 0. The van der Waals surface area contributed by atoms with Gasteiger partial charge in [0.2, 0.25) is 10.0 Å². The first-order valence-electron chi connectivity index (χ1n) is 11.1. The molecule has 0 radical (unpaired) electrons. The van der Waals surface area contributed by atoms with E-state index in [4.69, 9.17) is 4.74 Å². The fourth-order valence-corrected chi connectivity index (χ4v) is 7.00. The predicted molar refractivity (Wildman–Crippen MR) is 138 cm³/mol. The summed E-state index contributed by atoms with van der Waals surface area (Å²) >= 11 is 3.20. The number of nitrogens with zero attached hydrogens (tertiary/aromatic N) is 3. The van der Waals surface area contributed by atoms with E-state index in [1.165, 1.54) is 15.6 Å². The fourth-order valence-electron chi connectivity index (χ4n) is 4.07. The third-order valence-corrected chi connectivity index (χ3v) is 9.54. The number of fused-ring (bicyclic) bond motifs is 1. The second-order valence-electron chi connectivity index (χ2n) is 8.33. The van der Waals surface area contributed by atoms with Gasteiger partial charge in [0.05, 0.1) is 28.1 Å². The van der Waals surface area contributed by atoms with Crippen LogP contribution in [0, 0.1) is 12.8 Å². The van der Waals surface area contributed by atoms with Crippen molar-refractivity contribution in [2.45, 2.75) is 31.2 Å². The van der Waals surface area contributed by atoms with Crippen molar-refractivity contribution in [1.82, 2.24) is 8.87 Å². The van der Waals surface area contributed by atoms with Crippen LogP contribution in [0.5, 0.6) is 5.75 Å². The number of aryl methyl sites for hydroxylation is 2. The Balaban J connectivity index is 1.62. The van der Waals surface area contributed by atoms with Gasteiger partial charge in [0.1, 0.15) is 5.75 Å². The zero-order valence-electron chi connectivity index (χ0n) is 19.6. The lowest BCUT2D eigenvalue weighted by atomic mass is 9.99. The van der Waals surface area contributed by atoms with Gasteiger partial charge in [-0.15, -0.1) is 0 Å². The molecule has 0 saturated carbocycles. The van der Waals surface area contributed by atoms with Crippen LogP contribution in [-0.2, 0) is 21.4 Å². The number of carbonyl (C=O) groups excluding carboxylic acids is 1. The standard InChI is InChI=1S/C24H29N3O4S3/c1-17-6-9-20(10-7-17)34(29,30)26-12-4-5-18(16-26)23(28)25-24-27(13-14-32-3)21-15-19(31-2)8-11-22(21)33-24/h6-11,15,18H,4-5,12-14,16H2,1-3H3. The number of thioether (sulfide) groups is 1. The average Bonchev–Trinajstić information content (AvgIpc) is 3.18. The number of carbonyl (C=O) groups is 1. The Morgan fingerprint density at radius 2 is 2.00 bits per heavy atom. The SMILES string of the molecule is COc1ccc2sc(=NC(=O)C3CCCN(S(=O)(=O)c4ccc(C)cc4)C3)n(CCSC)c2c1. The van der Waals surface area contributed by atoms with Crippen LogP contribution in [0.4, 0.5) is 0 Å². The number of hydrogen-bond donors (Lipinski definition) is 0. The predicted octanol–water partition coefficient (Wildman–Crippen LogP) is 3.91. The highest BCUT2D eigenvalue weighted by Gasteiger charge is 2.33. The number of methoxy groups -OCH3 is 1. The van der Waals surface area contributed by atoms with Gasteiger partial charge in [-0.05, 0) is 50.3 Å². The molecule has 1 saturated heterocycles. The van der Waals surface area contributed by atoms with Crippen molar-refractivity contribution >= 4 is 49.2 Å². The third-order valence-electron chi connectivity index (χ3n) is 6.01. The van der Waals surface area contributed by atoms with Crippen LogP contribution in [0.2, 0.25) is 0 Å². The summed E-state index contributed by atoms with van der Waals surface area (Å²) < 4.78 is 36.2. The maximum atomic E-state index is 13.2. The van der Waals surface area contributed by atoms with Crippen molar-refractivity contribution in [2.24, 2.45) is 10.9 Å². The molecular formula is C24H29N3O4S3. The van der Waals surface area contributed by atoms with E-state index in [2.05, 4.69) is 9.56 Å². The lowest BCUT2D eigenvalue weighted by molar-refractivity contribution is -0.122. The molecule has 34 heavy (non-hydrogen) atoms. The van der Waals surface area contributed by atoms with E-state index in [1.807, 2.05) is 31.4 Å². The van der Waals surface area contributed by atoms with Crippen LogP contribution in [0.3, 0.4) is 0 Å². The summed E-state index contributed by atoms with van der Waals surface area (Å²) in [7, 11) is -2.01. The normalized spacial score (nSPS) is 17.9. The first kappa shape index (κ1) is 25.0. The van der Waals surface area contributed by atoms with Crippen molar-refractivity contribution in [3.8, 4) is 5.75 Å². The minimum absolute atomic E-state index is 0.155. The van der Waals surface area contributed by atoms with Gasteiger partial charge < -0.3 is 9.30 Å². The summed E-state index contributed by atoms with van der Waals surface area (Å²) in [6.07, 6.45) is 3.31. The maximum absolute atomic E-state index is 13.2. The number of thiazole rings is 1. The van der Waals surface area contributed by atoms with E-state index in [0.717, 1.165) is 33.8 Å². The Hall–Kier alpha value is -2.14. The first-order chi connectivity index (χ1) is 16.3. The molecule has 1 amide bonds. The van der Waals surface area contributed by atoms with Crippen LogP contribution in [-0.4, -0.2) is 55.4 Å². The molecule has 10 heteroatoms. The van der Waals surface area contributed by atoms with Crippen LogP contribution in [0.1, 0.15) is 18.4 Å². The van der Waals surface area contributed by atoms with Crippen LogP contribution >= 0.6 is 23.1 Å². The van der Waals surface area contributed by atoms with Gasteiger partial charge in [-0.25, -0.2) is 8.42 Å². The van der Waals surface area contributed by atoms with E-state index in [0.29, 0.717) is 24.2 Å². The van der Waals surface area contributed by atoms with Crippen molar-refractivity contribution < 1.29 is 17.9 Å². The highest BCUT2D eigenvalue weighted by Crippen LogP contribution is 2.26. The molecule has 7 nitrogen and oxygen atoms in total. The number of hydrogen-bond acceptors (Lipinski definition) is 6. The lowest BCUT2D eigenvalue weighted by Crippen LogP contribution is -2.42. The largest absolute Gasteiger partial charge is 0.497 e. The molecule has 1 unspecified atom stereocenters. The monoisotopic (exact) mass is 519 g/mol. The molecule has 2 heterocycles. The zero-order chi connectivity index (χ0) is 24.3. The van der Waals surface area contributed by atoms with Crippen LogP contribution < -0.4 is 9.54 Å². The molecule has 4 rings (SSSR count). The molecule has 0 bridgehead atoms. The number of rotatable bonds is 7. The van der Waals surface area contributed by atoms with E-state index in [-0.39, 0.29) is 17.3 Å². The second kappa shape index (κ2) is 10.6. The van der Waals surface area contributed by atoms with Crippen molar-refractivity contribution in [2.75, 3.05) is 32.2 Å². The maximum Gasteiger partial charge on any atom is 0.252 e. The van der Waals surface area contributed by atoms with Gasteiger partial charge in [-0.2, -0.15) is 21.1 Å². The number of ether oxygens (including phenoxy) is 1. The highest BCUT2D eigenvalue weighted by molar-refractivity contribution is 7.98.